The van der Waals surface area contributed by atoms with E-state index in [0.29, 0.717) is 12.8 Å². The number of carbonyl (C=O) groups is 2. The van der Waals surface area contributed by atoms with Gasteiger partial charge in [0.15, 0.2) is 0 Å². The van der Waals surface area contributed by atoms with Gasteiger partial charge in [-0.05, 0) is 33.6 Å². The van der Waals surface area contributed by atoms with Crippen molar-refractivity contribution in [1.29, 1.82) is 0 Å². The number of rotatable bonds is 4. The van der Waals surface area contributed by atoms with Crippen LogP contribution in [-0.2, 0) is 19.1 Å². The Bertz CT molecular complexity index is 360. The van der Waals surface area contributed by atoms with E-state index in [4.69, 9.17) is 14.6 Å². The molecule has 0 bridgehead atoms. The first kappa shape index (κ1) is 14.7. The van der Waals surface area contributed by atoms with Gasteiger partial charge < -0.3 is 14.6 Å². The van der Waals surface area contributed by atoms with Crippen LogP contribution in [0.2, 0.25) is 0 Å². The average molecular weight is 256 g/mol. The van der Waals surface area contributed by atoms with Crippen LogP contribution >= 0.6 is 0 Å². The maximum absolute atomic E-state index is 11.4. The number of carboxylic acid groups (broad SMARTS) is 1. The second kappa shape index (κ2) is 5.10. The molecule has 0 spiro atoms. The van der Waals surface area contributed by atoms with Crippen molar-refractivity contribution in [3.05, 3.63) is 12.7 Å². The first-order valence-electron chi connectivity index (χ1n) is 5.93. The quantitative estimate of drug-likeness (QED) is 0.472. The second-order valence-corrected chi connectivity index (χ2v) is 5.31. The summed E-state index contributed by atoms with van der Waals surface area (Å²) in [5.41, 5.74) is -1.09. The standard InChI is InChI=1S/C13H20O5/c1-5-13(4)7-6-9(12(2,3)18-13)17-11(16)8-10(14)15/h5,9H,1,6-8H2,2-4H3,(H,14,15)/t9-,13+/m1/s1. The molecule has 1 aliphatic rings. The fraction of sp³-hybridized carbons (Fsp3) is 0.692. The molecule has 0 aliphatic carbocycles. The molecule has 1 N–H and O–H groups in total. The lowest BCUT2D eigenvalue weighted by molar-refractivity contribution is -0.213. The summed E-state index contributed by atoms with van der Waals surface area (Å²) in [6.07, 6.45) is 2.00. The number of carboxylic acids is 1. The minimum Gasteiger partial charge on any atom is -0.481 e. The smallest absolute Gasteiger partial charge is 0.317 e. The summed E-state index contributed by atoms with van der Waals surface area (Å²) in [7, 11) is 0. The number of hydrogen-bond acceptors (Lipinski definition) is 4. The van der Waals surface area contributed by atoms with Gasteiger partial charge in [0.25, 0.3) is 0 Å². The summed E-state index contributed by atoms with van der Waals surface area (Å²) in [6, 6.07) is 0. The van der Waals surface area contributed by atoms with Gasteiger partial charge >= 0.3 is 11.9 Å². The second-order valence-electron chi connectivity index (χ2n) is 5.31. The maximum atomic E-state index is 11.4. The molecule has 1 saturated heterocycles. The zero-order valence-electron chi connectivity index (χ0n) is 11.1. The Labute approximate surface area is 107 Å². The van der Waals surface area contributed by atoms with E-state index in [1.807, 2.05) is 20.8 Å². The Hall–Kier alpha value is -1.36. The lowest BCUT2D eigenvalue weighted by Crippen LogP contribution is -2.52. The third-order valence-corrected chi connectivity index (χ3v) is 3.18. The van der Waals surface area contributed by atoms with E-state index in [1.54, 1.807) is 6.08 Å². The molecule has 1 fully saturated rings. The van der Waals surface area contributed by atoms with Crippen LogP contribution in [0, 0.1) is 0 Å². The number of hydrogen-bond donors (Lipinski definition) is 1. The summed E-state index contributed by atoms with van der Waals surface area (Å²) < 4.78 is 11.1. The van der Waals surface area contributed by atoms with Crippen molar-refractivity contribution < 1.29 is 24.2 Å². The molecule has 2 atom stereocenters. The molecule has 5 nitrogen and oxygen atoms in total. The lowest BCUT2D eigenvalue weighted by atomic mass is 9.85. The van der Waals surface area contributed by atoms with Gasteiger partial charge in [-0.15, -0.1) is 6.58 Å². The van der Waals surface area contributed by atoms with Crippen LogP contribution in [0.15, 0.2) is 12.7 Å². The molecule has 0 aromatic rings. The lowest BCUT2D eigenvalue weighted by Gasteiger charge is -2.46. The molecule has 0 aromatic heterocycles. The van der Waals surface area contributed by atoms with Crippen LogP contribution in [0.5, 0.6) is 0 Å². The van der Waals surface area contributed by atoms with Crippen LogP contribution in [0.4, 0.5) is 0 Å². The SMILES string of the molecule is C=C[C@@]1(C)CC[C@@H](OC(=O)CC(=O)O)C(C)(C)O1. The van der Waals surface area contributed by atoms with E-state index >= 15 is 0 Å². The van der Waals surface area contributed by atoms with Crippen LogP contribution in [0.25, 0.3) is 0 Å². The van der Waals surface area contributed by atoms with Crippen LogP contribution < -0.4 is 0 Å². The Morgan fingerprint density at radius 1 is 1.50 bits per heavy atom. The molecule has 0 amide bonds. The summed E-state index contributed by atoms with van der Waals surface area (Å²) in [6.45, 7) is 9.32. The van der Waals surface area contributed by atoms with Gasteiger partial charge in [-0.3, -0.25) is 9.59 Å². The molecule has 0 radical (unpaired) electrons. The Balaban J connectivity index is 2.66. The fourth-order valence-corrected chi connectivity index (χ4v) is 2.15. The van der Waals surface area contributed by atoms with Crippen molar-refractivity contribution in [1.82, 2.24) is 0 Å². The van der Waals surface area contributed by atoms with Gasteiger partial charge in [-0.2, -0.15) is 0 Å². The summed E-state index contributed by atoms with van der Waals surface area (Å²) >= 11 is 0. The highest BCUT2D eigenvalue weighted by atomic mass is 16.6. The minimum absolute atomic E-state index is 0.431. The van der Waals surface area contributed by atoms with Crippen molar-refractivity contribution in [3.63, 3.8) is 0 Å². The first-order valence-corrected chi connectivity index (χ1v) is 5.93. The average Bonchev–Trinajstić information content (AvgIpc) is 2.21. The molecule has 5 heteroatoms. The molecule has 18 heavy (non-hydrogen) atoms. The first-order chi connectivity index (χ1) is 8.18. The molecule has 1 rings (SSSR count). The number of esters is 1. The molecular formula is C13H20O5. The van der Waals surface area contributed by atoms with E-state index in [1.165, 1.54) is 0 Å². The van der Waals surface area contributed by atoms with E-state index in [2.05, 4.69) is 6.58 Å². The van der Waals surface area contributed by atoms with Gasteiger partial charge in [0.2, 0.25) is 0 Å². The fourth-order valence-electron chi connectivity index (χ4n) is 2.15. The van der Waals surface area contributed by atoms with E-state index < -0.39 is 35.7 Å². The van der Waals surface area contributed by atoms with Gasteiger partial charge in [0, 0.05) is 0 Å². The topological polar surface area (TPSA) is 72.8 Å². The van der Waals surface area contributed by atoms with E-state index in [-0.39, 0.29) is 0 Å². The van der Waals surface area contributed by atoms with Crippen molar-refractivity contribution in [2.24, 2.45) is 0 Å². The Morgan fingerprint density at radius 2 is 2.11 bits per heavy atom. The predicted octanol–water partition coefficient (Wildman–Crippen LogP) is 1.91. The molecule has 1 aliphatic heterocycles. The van der Waals surface area contributed by atoms with Gasteiger partial charge in [-0.1, -0.05) is 6.08 Å². The number of ether oxygens (including phenoxy) is 2. The Morgan fingerprint density at radius 3 is 2.56 bits per heavy atom. The highest BCUT2D eigenvalue weighted by Gasteiger charge is 2.44. The molecule has 0 saturated carbocycles. The van der Waals surface area contributed by atoms with Gasteiger partial charge in [-0.25, -0.2) is 0 Å². The third-order valence-electron chi connectivity index (χ3n) is 3.18. The number of carbonyl (C=O) groups excluding carboxylic acids is 1. The Kier molecular flexibility index (Phi) is 4.16. The summed E-state index contributed by atoms with van der Waals surface area (Å²) in [5.74, 6) is -1.92. The van der Waals surface area contributed by atoms with Crippen molar-refractivity contribution >= 4 is 11.9 Å². The third kappa shape index (κ3) is 3.57. The highest BCUT2D eigenvalue weighted by molar-refractivity contribution is 5.90. The minimum atomic E-state index is -1.19. The van der Waals surface area contributed by atoms with Crippen LogP contribution in [0.3, 0.4) is 0 Å². The van der Waals surface area contributed by atoms with Crippen molar-refractivity contribution in [2.45, 2.75) is 57.3 Å². The van der Waals surface area contributed by atoms with Crippen molar-refractivity contribution in [2.75, 3.05) is 0 Å². The monoisotopic (exact) mass is 256 g/mol. The normalized spacial score (nSPS) is 30.5. The van der Waals surface area contributed by atoms with Crippen molar-refractivity contribution in [3.8, 4) is 0 Å². The molecule has 102 valence electrons. The summed E-state index contributed by atoms with van der Waals surface area (Å²) in [4.78, 5) is 21.8. The molecule has 1 heterocycles. The van der Waals surface area contributed by atoms with Crippen LogP contribution in [0.1, 0.15) is 40.0 Å². The van der Waals surface area contributed by atoms with Gasteiger partial charge in [0.1, 0.15) is 18.1 Å². The predicted molar refractivity (Wildman–Crippen MR) is 65.1 cm³/mol. The molecule has 0 unspecified atom stereocenters. The zero-order valence-corrected chi connectivity index (χ0v) is 11.1. The molecular weight excluding hydrogens is 236 g/mol. The van der Waals surface area contributed by atoms with Crippen LogP contribution in [-0.4, -0.2) is 34.4 Å². The maximum Gasteiger partial charge on any atom is 0.317 e. The van der Waals surface area contributed by atoms with E-state index in [0.717, 1.165) is 0 Å². The van der Waals surface area contributed by atoms with Gasteiger partial charge in [0.05, 0.1) is 5.60 Å². The summed E-state index contributed by atoms with van der Waals surface area (Å²) in [5, 5.41) is 8.52. The van der Waals surface area contributed by atoms with E-state index in [9.17, 15) is 9.59 Å². The highest BCUT2D eigenvalue weighted by Crippen LogP contribution is 2.37. The number of aliphatic carboxylic acids is 1. The largest absolute Gasteiger partial charge is 0.481 e. The molecule has 0 aromatic carbocycles. The zero-order chi connectivity index (χ0) is 14.0.